The Balaban J connectivity index is 1.59. The summed E-state index contributed by atoms with van der Waals surface area (Å²) in [5.41, 5.74) is 1.79. The summed E-state index contributed by atoms with van der Waals surface area (Å²) in [6, 6.07) is 16.2. The van der Waals surface area contributed by atoms with E-state index >= 15 is 0 Å². The van der Waals surface area contributed by atoms with Gasteiger partial charge in [-0.2, -0.15) is 21.6 Å². The average molecular weight is 586 g/mol. The van der Waals surface area contributed by atoms with Gasteiger partial charge >= 0.3 is 22.5 Å². The Morgan fingerprint density at radius 3 is 2.22 bits per heavy atom. The highest BCUT2D eigenvalue weighted by Crippen LogP contribution is 2.32. The van der Waals surface area contributed by atoms with Crippen LogP contribution in [0.4, 0.5) is 23.7 Å². The first kappa shape index (κ1) is 29.5. The minimum absolute atomic E-state index is 0.144. The molecule has 1 amide bonds. The molecule has 0 aliphatic rings. The van der Waals surface area contributed by atoms with Crippen LogP contribution < -0.4 is 9.44 Å². The lowest BCUT2D eigenvalue weighted by molar-refractivity contribution is -0.137. The molecule has 0 saturated carbocycles. The Kier molecular flexibility index (Phi) is 8.02. The van der Waals surface area contributed by atoms with Crippen LogP contribution in [-0.4, -0.2) is 35.1 Å². The van der Waals surface area contributed by atoms with Gasteiger partial charge in [0.25, 0.3) is 0 Å². The average Bonchev–Trinajstić information content (AvgIpc) is 2.86. The number of aryl methyl sites for hydroxylation is 1. The monoisotopic (exact) mass is 585 g/mol. The molecule has 0 spiro atoms. The lowest BCUT2D eigenvalue weighted by Crippen LogP contribution is -2.39. The molecule has 0 radical (unpaired) electrons. The molecule has 2 heterocycles. The van der Waals surface area contributed by atoms with E-state index in [-0.39, 0.29) is 11.5 Å². The molecule has 9 nitrogen and oxygen atoms in total. The van der Waals surface area contributed by atoms with Crippen molar-refractivity contribution < 1.29 is 31.1 Å². The van der Waals surface area contributed by atoms with Crippen LogP contribution in [0.25, 0.3) is 33.9 Å². The smallest absolute Gasteiger partial charge is 0.422 e. The van der Waals surface area contributed by atoms with Crippen molar-refractivity contribution in [3.8, 4) is 33.9 Å². The van der Waals surface area contributed by atoms with Crippen molar-refractivity contribution >= 4 is 22.0 Å². The number of amides is 1. The highest BCUT2D eigenvalue weighted by atomic mass is 32.2. The Morgan fingerprint density at radius 1 is 0.854 bits per heavy atom. The molecule has 0 aliphatic heterocycles. The van der Waals surface area contributed by atoms with Crippen molar-refractivity contribution in [1.29, 1.82) is 0 Å². The van der Waals surface area contributed by atoms with Crippen LogP contribution in [0.5, 0.6) is 0 Å². The van der Waals surface area contributed by atoms with Gasteiger partial charge < -0.3 is 4.74 Å². The first-order valence-electron chi connectivity index (χ1n) is 12.2. The molecule has 2 aromatic carbocycles. The largest absolute Gasteiger partial charge is 0.443 e. The van der Waals surface area contributed by atoms with Gasteiger partial charge in [-0.1, -0.05) is 24.3 Å². The lowest BCUT2D eigenvalue weighted by Gasteiger charge is -2.19. The number of benzene rings is 2. The minimum atomic E-state index is -4.43. The van der Waals surface area contributed by atoms with Crippen molar-refractivity contribution in [2.75, 3.05) is 4.72 Å². The highest BCUT2D eigenvalue weighted by molar-refractivity contribution is 7.91. The predicted octanol–water partition coefficient (Wildman–Crippen LogP) is 6.38. The van der Waals surface area contributed by atoms with Gasteiger partial charge in [0.2, 0.25) is 0 Å². The van der Waals surface area contributed by atoms with E-state index in [1.807, 2.05) is 0 Å². The van der Waals surface area contributed by atoms with Crippen LogP contribution in [0.3, 0.4) is 0 Å². The number of ether oxygens (including phenoxy) is 1. The van der Waals surface area contributed by atoms with Crippen LogP contribution in [0.15, 0.2) is 72.9 Å². The zero-order valence-electron chi connectivity index (χ0n) is 22.4. The molecule has 0 atom stereocenters. The van der Waals surface area contributed by atoms with Crippen LogP contribution in [0.2, 0.25) is 0 Å². The summed E-state index contributed by atoms with van der Waals surface area (Å²) >= 11 is 0. The van der Waals surface area contributed by atoms with E-state index in [4.69, 9.17) is 4.74 Å². The second-order valence-electron chi connectivity index (χ2n) is 10.0. The molecular weight excluding hydrogens is 559 g/mol. The standard InChI is InChI=1S/C28H26F3N5O4S/c1-17-14-20(18-8-10-21(11-9-18)28(29,30)31)16-24(33-17)23-12-13-32-25(34-23)19-6-5-7-22(15-19)35-41(38,39)36-26(37)40-27(2,3)4/h5-16,35H,1-4H3,(H,36,37). The normalized spacial score (nSPS) is 12.1. The van der Waals surface area contributed by atoms with Gasteiger partial charge in [0.05, 0.1) is 22.6 Å². The number of alkyl halides is 3. The van der Waals surface area contributed by atoms with E-state index in [9.17, 15) is 26.4 Å². The number of rotatable bonds is 6. The molecule has 0 bridgehead atoms. The Bertz CT molecular complexity index is 1690. The maximum atomic E-state index is 13.0. The molecule has 0 fully saturated rings. The summed E-state index contributed by atoms with van der Waals surface area (Å²) in [4.78, 5) is 25.3. The van der Waals surface area contributed by atoms with Gasteiger partial charge in [0.15, 0.2) is 5.82 Å². The molecule has 4 aromatic rings. The van der Waals surface area contributed by atoms with Gasteiger partial charge in [-0.15, -0.1) is 0 Å². The van der Waals surface area contributed by atoms with Crippen LogP contribution in [-0.2, 0) is 21.1 Å². The minimum Gasteiger partial charge on any atom is -0.443 e. The summed E-state index contributed by atoms with van der Waals surface area (Å²) in [5.74, 6) is 0.267. The summed E-state index contributed by atoms with van der Waals surface area (Å²) < 4.78 is 72.8. The first-order valence-corrected chi connectivity index (χ1v) is 13.7. The van der Waals surface area contributed by atoms with E-state index in [1.165, 1.54) is 30.5 Å². The fraction of sp³-hybridized carbons (Fsp3) is 0.214. The number of hydrogen-bond acceptors (Lipinski definition) is 7. The molecular formula is C28H26F3N5O4S. The molecule has 0 saturated heterocycles. The molecule has 214 valence electrons. The molecule has 2 aromatic heterocycles. The van der Waals surface area contributed by atoms with E-state index < -0.39 is 33.6 Å². The maximum Gasteiger partial charge on any atom is 0.422 e. The predicted molar refractivity (Wildman–Crippen MR) is 148 cm³/mol. The topological polar surface area (TPSA) is 123 Å². The van der Waals surface area contributed by atoms with Gasteiger partial charge in [-0.25, -0.2) is 19.5 Å². The third-order valence-electron chi connectivity index (χ3n) is 5.41. The number of hydrogen-bond donors (Lipinski definition) is 2. The highest BCUT2D eigenvalue weighted by Gasteiger charge is 2.30. The zero-order chi connectivity index (χ0) is 30.0. The van der Waals surface area contributed by atoms with E-state index in [0.717, 1.165) is 12.1 Å². The molecule has 13 heteroatoms. The number of nitrogens with one attached hydrogen (secondary N) is 2. The van der Waals surface area contributed by atoms with Crippen LogP contribution in [0.1, 0.15) is 32.0 Å². The number of carbonyl (C=O) groups excluding carboxylic acids is 1. The van der Waals surface area contributed by atoms with Crippen molar-refractivity contribution in [2.45, 2.75) is 39.5 Å². The molecule has 0 unspecified atom stereocenters. The van der Waals surface area contributed by atoms with Gasteiger partial charge in [-0.3, -0.25) is 9.71 Å². The number of anilines is 1. The van der Waals surface area contributed by atoms with Gasteiger partial charge in [0.1, 0.15) is 5.60 Å². The van der Waals surface area contributed by atoms with Crippen molar-refractivity contribution in [1.82, 2.24) is 19.7 Å². The van der Waals surface area contributed by atoms with Crippen molar-refractivity contribution in [2.24, 2.45) is 0 Å². The number of carbonyl (C=O) groups is 1. The van der Waals surface area contributed by atoms with E-state index in [2.05, 4.69) is 19.7 Å². The summed E-state index contributed by atoms with van der Waals surface area (Å²) in [5, 5.41) is 0. The summed E-state index contributed by atoms with van der Waals surface area (Å²) in [6.45, 7) is 6.57. The molecule has 0 aliphatic carbocycles. The lowest BCUT2D eigenvalue weighted by atomic mass is 10.0. The third kappa shape index (κ3) is 8.01. The second-order valence-corrected chi connectivity index (χ2v) is 11.4. The second kappa shape index (κ2) is 11.2. The number of pyridine rings is 1. The Morgan fingerprint density at radius 2 is 1.56 bits per heavy atom. The number of nitrogens with zero attached hydrogens (tertiary/aromatic N) is 3. The molecule has 41 heavy (non-hydrogen) atoms. The van der Waals surface area contributed by atoms with Crippen LogP contribution >= 0.6 is 0 Å². The number of halogens is 3. The van der Waals surface area contributed by atoms with Crippen molar-refractivity contribution in [3.05, 3.63) is 84.2 Å². The Labute approximate surface area is 235 Å². The fourth-order valence-electron chi connectivity index (χ4n) is 3.77. The van der Waals surface area contributed by atoms with Gasteiger partial charge in [0, 0.05) is 17.5 Å². The van der Waals surface area contributed by atoms with Gasteiger partial charge in [-0.05, 0) is 81.3 Å². The quantitative estimate of drug-likeness (QED) is 0.269. The number of aromatic nitrogens is 3. The summed E-state index contributed by atoms with van der Waals surface area (Å²) in [7, 11) is -4.29. The Hall–Kier alpha value is -4.52. The van der Waals surface area contributed by atoms with E-state index in [0.29, 0.717) is 33.8 Å². The maximum absolute atomic E-state index is 13.0. The molecule has 4 rings (SSSR count). The zero-order valence-corrected chi connectivity index (χ0v) is 23.3. The van der Waals surface area contributed by atoms with Crippen LogP contribution in [0, 0.1) is 6.92 Å². The van der Waals surface area contributed by atoms with Crippen molar-refractivity contribution in [3.63, 3.8) is 0 Å². The fourth-order valence-corrected chi connectivity index (χ4v) is 4.52. The SMILES string of the molecule is Cc1cc(-c2ccc(C(F)(F)F)cc2)cc(-c2ccnc(-c3cccc(NS(=O)(=O)NC(=O)OC(C)(C)C)c3)n2)n1. The third-order valence-corrected chi connectivity index (χ3v) is 6.35. The van der Waals surface area contributed by atoms with E-state index in [1.54, 1.807) is 62.7 Å². The summed E-state index contributed by atoms with van der Waals surface area (Å²) in [6.07, 6.45) is -4.04. The molecule has 2 N–H and O–H groups in total. The first-order chi connectivity index (χ1) is 19.1.